The first-order valence-corrected chi connectivity index (χ1v) is 5.67. The first-order chi connectivity index (χ1) is 8.56. The SMILES string of the molecule is CC(C)C(=O)Cc1nc(-c2cccc(F)c2)no1. The lowest BCUT2D eigenvalue weighted by molar-refractivity contribution is -0.121. The van der Waals surface area contributed by atoms with E-state index in [-0.39, 0.29) is 29.8 Å². The third kappa shape index (κ3) is 2.80. The van der Waals surface area contributed by atoms with E-state index < -0.39 is 0 Å². The van der Waals surface area contributed by atoms with Gasteiger partial charge in [-0.25, -0.2) is 4.39 Å². The largest absolute Gasteiger partial charge is 0.339 e. The average molecular weight is 248 g/mol. The zero-order valence-corrected chi connectivity index (χ0v) is 10.2. The summed E-state index contributed by atoms with van der Waals surface area (Å²) in [5.41, 5.74) is 0.530. The molecule has 0 bridgehead atoms. The van der Waals surface area contributed by atoms with E-state index in [1.165, 1.54) is 12.1 Å². The molecular weight excluding hydrogens is 235 g/mol. The highest BCUT2D eigenvalue weighted by atomic mass is 19.1. The predicted molar refractivity (Wildman–Crippen MR) is 63.2 cm³/mol. The summed E-state index contributed by atoms with van der Waals surface area (Å²) in [5, 5.41) is 3.73. The Balaban J connectivity index is 2.18. The summed E-state index contributed by atoms with van der Waals surface area (Å²) >= 11 is 0. The van der Waals surface area contributed by atoms with Crippen molar-refractivity contribution < 1.29 is 13.7 Å². The van der Waals surface area contributed by atoms with Gasteiger partial charge in [-0.05, 0) is 12.1 Å². The van der Waals surface area contributed by atoms with E-state index in [2.05, 4.69) is 10.1 Å². The Labute approximate surface area is 104 Å². The van der Waals surface area contributed by atoms with Crippen molar-refractivity contribution in [1.29, 1.82) is 0 Å². The molecule has 0 N–H and O–H groups in total. The molecule has 0 unspecified atom stereocenters. The molecule has 5 heteroatoms. The second-order valence-electron chi connectivity index (χ2n) is 4.32. The van der Waals surface area contributed by atoms with E-state index in [4.69, 9.17) is 4.52 Å². The highest BCUT2D eigenvalue weighted by Gasteiger charge is 2.14. The van der Waals surface area contributed by atoms with Crippen molar-refractivity contribution in [1.82, 2.24) is 10.1 Å². The van der Waals surface area contributed by atoms with Crippen LogP contribution in [0, 0.1) is 11.7 Å². The molecule has 0 aliphatic heterocycles. The smallest absolute Gasteiger partial charge is 0.234 e. The van der Waals surface area contributed by atoms with Gasteiger partial charge in [-0.1, -0.05) is 31.1 Å². The molecule has 0 aliphatic carbocycles. The van der Waals surface area contributed by atoms with Crippen LogP contribution >= 0.6 is 0 Å². The number of nitrogens with zero attached hydrogens (tertiary/aromatic N) is 2. The Morgan fingerprint density at radius 2 is 2.22 bits per heavy atom. The van der Waals surface area contributed by atoms with Crippen LogP contribution in [-0.4, -0.2) is 15.9 Å². The van der Waals surface area contributed by atoms with E-state index >= 15 is 0 Å². The van der Waals surface area contributed by atoms with Crippen LogP contribution in [0.5, 0.6) is 0 Å². The minimum Gasteiger partial charge on any atom is -0.339 e. The lowest BCUT2D eigenvalue weighted by Gasteiger charge is -1.98. The lowest BCUT2D eigenvalue weighted by Crippen LogP contribution is -2.10. The number of halogens is 1. The summed E-state index contributed by atoms with van der Waals surface area (Å²) in [6, 6.07) is 5.91. The molecular formula is C13H13FN2O2. The average Bonchev–Trinajstić information content (AvgIpc) is 2.77. The quantitative estimate of drug-likeness (QED) is 0.834. The molecule has 1 heterocycles. The van der Waals surface area contributed by atoms with Gasteiger partial charge >= 0.3 is 0 Å². The Bertz CT molecular complexity index is 564. The first-order valence-electron chi connectivity index (χ1n) is 5.67. The second-order valence-corrected chi connectivity index (χ2v) is 4.32. The molecule has 0 spiro atoms. The number of carbonyl (C=O) groups excluding carboxylic acids is 1. The third-order valence-corrected chi connectivity index (χ3v) is 2.52. The molecule has 18 heavy (non-hydrogen) atoms. The van der Waals surface area contributed by atoms with Crippen LogP contribution in [0.25, 0.3) is 11.4 Å². The molecule has 2 rings (SSSR count). The van der Waals surface area contributed by atoms with Crippen molar-refractivity contribution in [2.24, 2.45) is 5.92 Å². The number of hydrogen-bond acceptors (Lipinski definition) is 4. The fraction of sp³-hybridized carbons (Fsp3) is 0.308. The molecule has 1 aromatic carbocycles. The number of carbonyl (C=O) groups is 1. The fourth-order valence-electron chi connectivity index (χ4n) is 1.42. The van der Waals surface area contributed by atoms with Gasteiger partial charge in [0.05, 0.1) is 6.42 Å². The van der Waals surface area contributed by atoms with E-state index in [0.29, 0.717) is 11.4 Å². The van der Waals surface area contributed by atoms with Gasteiger partial charge in [-0.3, -0.25) is 4.79 Å². The molecule has 0 atom stereocenters. The number of rotatable bonds is 4. The number of hydrogen-bond donors (Lipinski definition) is 0. The zero-order valence-electron chi connectivity index (χ0n) is 10.2. The Hall–Kier alpha value is -2.04. The molecule has 4 nitrogen and oxygen atoms in total. The normalized spacial score (nSPS) is 10.9. The van der Waals surface area contributed by atoms with Crippen LogP contribution in [0.15, 0.2) is 28.8 Å². The van der Waals surface area contributed by atoms with E-state index in [1.807, 2.05) is 13.8 Å². The highest BCUT2D eigenvalue weighted by Crippen LogP contribution is 2.17. The maximum atomic E-state index is 13.0. The molecule has 0 fully saturated rings. The summed E-state index contributed by atoms with van der Waals surface area (Å²) < 4.78 is 18.0. The van der Waals surface area contributed by atoms with Crippen molar-refractivity contribution in [2.75, 3.05) is 0 Å². The summed E-state index contributed by atoms with van der Waals surface area (Å²) in [4.78, 5) is 15.6. The van der Waals surface area contributed by atoms with Gasteiger partial charge < -0.3 is 4.52 Å². The highest BCUT2D eigenvalue weighted by molar-refractivity contribution is 5.81. The van der Waals surface area contributed by atoms with Crippen LogP contribution in [-0.2, 0) is 11.2 Å². The monoisotopic (exact) mass is 248 g/mol. The Kier molecular flexibility index (Phi) is 3.50. The van der Waals surface area contributed by atoms with Gasteiger partial charge in [0.1, 0.15) is 11.6 Å². The van der Waals surface area contributed by atoms with Crippen molar-refractivity contribution in [3.05, 3.63) is 36.0 Å². The molecule has 0 saturated heterocycles. The molecule has 0 amide bonds. The van der Waals surface area contributed by atoms with E-state index in [0.717, 1.165) is 0 Å². The third-order valence-electron chi connectivity index (χ3n) is 2.52. The maximum absolute atomic E-state index is 13.0. The van der Waals surface area contributed by atoms with Gasteiger partial charge in [-0.2, -0.15) is 4.98 Å². The number of aromatic nitrogens is 2. The van der Waals surface area contributed by atoms with Crippen molar-refractivity contribution in [3.63, 3.8) is 0 Å². The fourth-order valence-corrected chi connectivity index (χ4v) is 1.42. The standard InChI is InChI=1S/C13H13FN2O2/c1-8(2)11(17)7-12-15-13(16-18-12)9-4-3-5-10(14)6-9/h3-6,8H,7H2,1-2H3. The van der Waals surface area contributed by atoms with Gasteiger partial charge in [-0.15, -0.1) is 0 Å². The summed E-state index contributed by atoms with van der Waals surface area (Å²) in [7, 11) is 0. The Morgan fingerprint density at radius 3 is 2.89 bits per heavy atom. The Morgan fingerprint density at radius 1 is 1.44 bits per heavy atom. The van der Waals surface area contributed by atoms with Gasteiger partial charge in [0.15, 0.2) is 0 Å². The second kappa shape index (κ2) is 5.08. The molecule has 0 radical (unpaired) electrons. The topological polar surface area (TPSA) is 56.0 Å². The van der Waals surface area contributed by atoms with Crippen LogP contribution in [0.3, 0.4) is 0 Å². The zero-order chi connectivity index (χ0) is 13.1. The minimum atomic E-state index is -0.364. The number of Topliss-reactive ketones (excluding diaryl/α,β-unsaturated/α-hetero) is 1. The van der Waals surface area contributed by atoms with Gasteiger partial charge in [0.25, 0.3) is 0 Å². The molecule has 0 aliphatic rings. The summed E-state index contributed by atoms with van der Waals surface area (Å²) in [6.07, 6.45) is 0.111. The predicted octanol–water partition coefficient (Wildman–Crippen LogP) is 2.64. The molecule has 1 aromatic heterocycles. The molecule has 0 saturated carbocycles. The summed E-state index contributed by atoms with van der Waals surface area (Å²) in [6.45, 7) is 3.62. The van der Waals surface area contributed by atoms with Crippen molar-refractivity contribution in [2.45, 2.75) is 20.3 Å². The van der Waals surface area contributed by atoms with Gasteiger partial charge in [0.2, 0.25) is 11.7 Å². The number of ketones is 1. The summed E-state index contributed by atoms with van der Waals surface area (Å²) in [5.74, 6) is 0.144. The van der Waals surface area contributed by atoms with Crippen LogP contribution in [0.2, 0.25) is 0 Å². The van der Waals surface area contributed by atoms with Crippen LogP contribution < -0.4 is 0 Å². The maximum Gasteiger partial charge on any atom is 0.234 e. The first kappa shape index (κ1) is 12.4. The van der Waals surface area contributed by atoms with E-state index in [1.54, 1.807) is 12.1 Å². The minimum absolute atomic E-state index is 0.0319. The van der Waals surface area contributed by atoms with Crippen molar-refractivity contribution in [3.8, 4) is 11.4 Å². The van der Waals surface area contributed by atoms with E-state index in [9.17, 15) is 9.18 Å². The van der Waals surface area contributed by atoms with Crippen LogP contribution in [0.1, 0.15) is 19.7 Å². The van der Waals surface area contributed by atoms with Crippen LogP contribution in [0.4, 0.5) is 4.39 Å². The lowest BCUT2D eigenvalue weighted by atomic mass is 10.1. The van der Waals surface area contributed by atoms with Gasteiger partial charge in [0, 0.05) is 11.5 Å². The number of benzene rings is 1. The molecule has 94 valence electrons. The molecule has 2 aromatic rings. The van der Waals surface area contributed by atoms with Crippen molar-refractivity contribution >= 4 is 5.78 Å².